The third-order valence-corrected chi connectivity index (χ3v) is 1.56. The summed E-state index contributed by atoms with van der Waals surface area (Å²) < 4.78 is 18.1. The SMILES string of the molecule is CC(C)(C)OC(=O)[C@@H](N)C[C@H](F)CN=[N+]=[N-]. The lowest BCUT2D eigenvalue weighted by atomic mass is 10.1. The summed E-state index contributed by atoms with van der Waals surface area (Å²) in [5, 5.41) is 3.06. The average Bonchev–Trinajstić information content (AvgIpc) is 2.11. The molecule has 0 aromatic carbocycles. The molecule has 0 aromatic rings. The highest BCUT2D eigenvalue weighted by molar-refractivity contribution is 5.75. The van der Waals surface area contributed by atoms with Crippen LogP contribution in [0.5, 0.6) is 0 Å². The molecule has 0 rings (SSSR count). The number of hydrogen-bond donors (Lipinski definition) is 1. The fraction of sp³-hybridized carbons (Fsp3) is 0.889. The van der Waals surface area contributed by atoms with Gasteiger partial charge in [-0.15, -0.1) is 0 Å². The van der Waals surface area contributed by atoms with Gasteiger partial charge in [-0.1, -0.05) is 5.11 Å². The second-order valence-electron chi connectivity index (χ2n) is 4.39. The van der Waals surface area contributed by atoms with Crippen LogP contribution in [0.25, 0.3) is 10.4 Å². The van der Waals surface area contributed by atoms with Gasteiger partial charge in [0.15, 0.2) is 0 Å². The maximum atomic E-state index is 13.1. The molecule has 0 fully saturated rings. The van der Waals surface area contributed by atoms with E-state index in [4.69, 9.17) is 16.0 Å². The van der Waals surface area contributed by atoms with Crippen molar-refractivity contribution in [1.82, 2.24) is 0 Å². The quantitative estimate of drug-likeness (QED) is 0.337. The molecule has 0 aliphatic rings. The molecule has 0 aliphatic carbocycles. The fourth-order valence-electron chi connectivity index (χ4n) is 0.949. The first-order valence-electron chi connectivity index (χ1n) is 4.89. The molecule has 7 heteroatoms. The van der Waals surface area contributed by atoms with E-state index in [0.29, 0.717) is 0 Å². The van der Waals surface area contributed by atoms with Crippen LogP contribution in [0.15, 0.2) is 5.11 Å². The summed E-state index contributed by atoms with van der Waals surface area (Å²) in [5.41, 5.74) is 12.8. The van der Waals surface area contributed by atoms with Gasteiger partial charge in [0.25, 0.3) is 0 Å². The average molecular weight is 232 g/mol. The van der Waals surface area contributed by atoms with Gasteiger partial charge in [-0.3, -0.25) is 4.79 Å². The Kier molecular flexibility index (Phi) is 5.77. The third kappa shape index (κ3) is 7.03. The minimum absolute atomic E-state index is 0.214. The Morgan fingerprint density at radius 1 is 1.62 bits per heavy atom. The maximum Gasteiger partial charge on any atom is 0.323 e. The minimum Gasteiger partial charge on any atom is -0.459 e. The number of halogens is 1. The maximum absolute atomic E-state index is 13.1. The first kappa shape index (κ1) is 14.7. The van der Waals surface area contributed by atoms with E-state index in [0.717, 1.165) is 0 Å². The van der Waals surface area contributed by atoms with Crippen LogP contribution in [0, 0.1) is 0 Å². The number of hydrogen-bond acceptors (Lipinski definition) is 4. The molecule has 0 unspecified atom stereocenters. The van der Waals surface area contributed by atoms with Gasteiger partial charge in [0.1, 0.15) is 17.8 Å². The highest BCUT2D eigenvalue weighted by Crippen LogP contribution is 2.10. The van der Waals surface area contributed by atoms with Gasteiger partial charge < -0.3 is 10.5 Å². The standard InChI is InChI=1S/C9H17FN4O2/c1-9(2,3)16-8(15)7(11)4-6(10)5-13-14-12/h6-7H,4-5,11H2,1-3H3/t6-,7-/m0/s1. The van der Waals surface area contributed by atoms with Crippen LogP contribution in [0.2, 0.25) is 0 Å². The molecule has 92 valence electrons. The predicted molar refractivity (Wildman–Crippen MR) is 57.3 cm³/mol. The first-order chi connectivity index (χ1) is 7.26. The summed E-state index contributed by atoms with van der Waals surface area (Å²) in [6.45, 7) is 4.77. The Bertz CT molecular complexity index is 284. The van der Waals surface area contributed by atoms with E-state index in [2.05, 4.69) is 10.0 Å². The van der Waals surface area contributed by atoms with Crippen molar-refractivity contribution in [1.29, 1.82) is 0 Å². The number of nitrogens with zero attached hydrogens (tertiary/aromatic N) is 3. The summed E-state index contributed by atoms with van der Waals surface area (Å²) >= 11 is 0. The summed E-state index contributed by atoms with van der Waals surface area (Å²) in [6.07, 6.45) is -1.65. The van der Waals surface area contributed by atoms with E-state index in [9.17, 15) is 9.18 Å². The van der Waals surface area contributed by atoms with E-state index >= 15 is 0 Å². The molecule has 0 spiro atoms. The topological polar surface area (TPSA) is 101 Å². The molecular weight excluding hydrogens is 215 g/mol. The molecule has 0 radical (unpaired) electrons. The van der Waals surface area contributed by atoms with Gasteiger partial charge in [-0.25, -0.2) is 4.39 Å². The van der Waals surface area contributed by atoms with Gasteiger partial charge in [0.2, 0.25) is 0 Å². The zero-order valence-electron chi connectivity index (χ0n) is 9.68. The molecule has 2 N–H and O–H groups in total. The van der Waals surface area contributed by atoms with E-state index in [-0.39, 0.29) is 13.0 Å². The highest BCUT2D eigenvalue weighted by Gasteiger charge is 2.24. The second kappa shape index (κ2) is 6.30. The number of rotatable bonds is 5. The molecule has 0 aliphatic heterocycles. The Balaban J connectivity index is 4.09. The number of carbonyl (C=O) groups is 1. The Morgan fingerprint density at radius 2 is 2.19 bits per heavy atom. The molecule has 0 bridgehead atoms. The van der Waals surface area contributed by atoms with Crippen LogP contribution in [-0.2, 0) is 9.53 Å². The van der Waals surface area contributed by atoms with Crippen LogP contribution in [0.3, 0.4) is 0 Å². The molecule has 2 atom stereocenters. The number of carbonyl (C=O) groups excluding carboxylic acids is 1. The van der Waals surface area contributed by atoms with Crippen molar-refractivity contribution in [3.63, 3.8) is 0 Å². The van der Waals surface area contributed by atoms with Crippen LogP contribution < -0.4 is 5.73 Å². The zero-order valence-corrected chi connectivity index (χ0v) is 9.68. The predicted octanol–water partition coefficient (Wildman–Crippen LogP) is 1.69. The molecule has 16 heavy (non-hydrogen) atoms. The lowest BCUT2D eigenvalue weighted by molar-refractivity contribution is -0.157. The van der Waals surface area contributed by atoms with Crippen LogP contribution in [0.1, 0.15) is 27.2 Å². The van der Waals surface area contributed by atoms with E-state index in [1.165, 1.54) is 0 Å². The first-order valence-corrected chi connectivity index (χ1v) is 4.89. The van der Waals surface area contributed by atoms with Gasteiger partial charge >= 0.3 is 5.97 Å². The van der Waals surface area contributed by atoms with Crippen molar-refractivity contribution in [2.75, 3.05) is 6.54 Å². The number of nitrogens with two attached hydrogens (primary N) is 1. The second-order valence-corrected chi connectivity index (χ2v) is 4.39. The molecule has 0 saturated heterocycles. The molecule has 0 aromatic heterocycles. The van der Waals surface area contributed by atoms with E-state index in [1.807, 2.05) is 0 Å². The molecule has 0 heterocycles. The van der Waals surface area contributed by atoms with Gasteiger partial charge in [-0.2, -0.15) is 0 Å². The molecule has 0 saturated carbocycles. The smallest absolute Gasteiger partial charge is 0.323 e. The monoisotopic (exact) mass is 232 g/mol. The van der Waals surface area contributed by atoms with E-state index < -0.39 is 23.8 Å². The number of azide groups is 1. The highest BCUT2D eigenvalue weighted by atomic mass is 19.1. The van der Waals surface area contributed by atoms with Crippen molar-refractivity contribution < 1.29 is 13.9 Å². The number of ether oxygens (including phenoxy) is 1. The summed E-state index contributed by atoms with van der Waals surface area (Å²) in [5.74, 6) is -0.656. The molecular formula is C9H17FN4O2. The lowest BCUT2D eigenvalue weighted by Gasteiger charge is -2.22. The van der Waals surface area contributed by atoms with Gasteiger partial charge in [-0.05, 0) is 26.3 Å². The van der Waals surface area contributed by atoms with Gasteiger partial charge in [0.05, 0.1) is 6.54 Å². The normalized spacial score (nSPS) is 14.8. The lowest BCUT2D eigenvalue weighted by Crippen LogP contribution is -2.39. The van der Waals surface area contributed by atoms with Crippen LogP contribution in [0.4, 0.5) is 4.39 Å². The minimum atomic E-state index is -1.43. The number of esters is 1. The van der Waals surface area contributed by atoms with Crippen molar-refractivity contribution >= 4 is 5.97 Å². The van der Waals surface area contributed by atoms with Gasteiger partial charge in [0, 0.05) is 11.3 Å². The number of alkyl halides is 1. The fourth-order valence-corrected chi connectivity index (χ4v) is 0.949. The third-order valence-electron chi connectivity index (χ3n) is 1.56. The Hall–Kier alpha value is -1.33. The largest absolute Gasteiger partial charge is 0.459 e. The van der Waals surface area contributed by atoms with Crippen LogP contribution in [-0.4, -0.2) is 30.3 Å². The molecule has 6 nitrogen and oxygen atoms in total. The Labute approximate surface area is 93.6 Å². The van der Waals surface area contributed by atoms with Crippen molar-refractivity contribution in [3.05, 3.63) is 10.4 Å². The van der Waals surface area contributed by atoms with Crippen molar-refractivity contribution in [2.24, 2.45) is 10.8 Å². The van der Waals surface area contributed by atoms with Crippen LogP contribution >= 0.6 is 0 Å². The van der Waals surface area contributed by atoms with Crippen molar-refractivity contribution in [3.8, 4) is 0 Å². The molecule has 0 amide bonds. The van der Waals surface area contributed by atoms with Crippen molar-refractivity contribution in [2.45, 2.75) is 45.0 Å². The summed E-state index contributed by atoms with van der Waals surface area (Å²) in [7, 11) is 0. The zero-order chi connectivity index (χ0) is 12.8. The summed E-state index contributed by atoms with van der Waals surface area (Å²) in [6, 6.07) is -1.04. The Morgan fingerprint density at radius 3 is 2.62 bits per heavy atom. The van der Waals surface area contributed by atoms with E-state index in [1.54, 1.807) is 20.8 Å². The summed E-state index contributed by atoms with van der Waals surface area (Å²) in [4.78, 5) is 13.8.